The van der Waals surface area contributed by atoms with E-state index in [2.05, 4.69) is 15.8 Å². The van der Waals surface area contributed by atoms with E-state index in [0.29, 0.717) is 21.9 Å². The molecule has 0 atom stereocenters. The Kier molecular flexibility index (Phi) is 6.60. The van der Waals surface area contributed by atoms with Crippen LogP contribution in [0.4, 0.5) is 0 Å². The van der Waals surface area contributed by atoms with Crippen LogP contribution in [0.15, 0.2) is 81.9 Å². The number of aryl methyl sites for hydroxylation is 1. The van der Waals surface area contributed by atoms with E-state index in [0.717, 1.165) is 5.76 Å². The van der Waals surface area contributed by atoms with Gasteiger partial charge in [-0.1, -0.05) is 48.0 Å². The Morgan fingerprint density at radius 3 is 2.41 bits per heavy atom. The molecule has 0 aliphatic rings. The third-order valence-electron chi connectivity index (χ3n) is 3.85. The van der Waals surface area contributed by atoms with Gasteiger partial charge in [0, 0.05) is 10.6 Å². The van der Waals surface area contributed by atoms with Crippen LogP contribution < -0.4 is 10.7 Å². The van der Waals surface area contributed by atoms with Crippen molar-refractivity contribution in [1.29, 1.82) is 0 Å². The number of nitrogens with one attached hydrogen (secondary N) is 2. The minimum Gasteiger partial charge on any atom is -0.460 e. The molecule has 0 aliphatic heterocycles. The van der Waals surface area contributed by atoms with Gasteiger partial charge in [0.25, 0.3) is 11.8 Å². The van der Waals surface area contributed by atoms with Gasteiger partial charge < -0.3 is 9.73 Å². The summed E-state index contributed by atoms with van der Waals surface area (Å²) in [6.45, 7) is 1.81. The minimum absolute atomic E-state index is 0.000251. The van der Waals surface area contributed by atoms with Gasteiger partial charge >= 0.3 is 0 Å². The van der Waals surface area contributed by atoms with Gasteiger partial charge in [-0.25, -0.2) is 5.43 Å². The van der Waals surface area contributed by atoms with Crippen molar-refractivity contribution in [3.8, 4) is 0 Å². The Hall–Kier alpha value is -3.64. The predicted octanol–water partition coefficient (Wildman–Crippen LogP) is 4.16. The molecule has 0 saturated heterocycles. The first-order chi connectivity index (χ1) is 14.0. The van der Waals surface area contributed by atoms with Gasteiger partial charge in [0.15, 0.2) is 0 Å². The van der Waals surface area contributed by atoms with Crippen LogP contribution in [0.2, 0.25) is 5.02 Å². The highest BCUT2D eigenvalue weighted by molar-refractivity contribution is 6.32. The number of rotatable bonds is 6. The van der Waals surface area contributed by atoms with Crippen molar-refractivity contribution in [2.75, 3.05) is 0 Å². The molecule has 3 rings (SSSR count). The third-order valence-corrected chi connectivity index (χ3v) is 4.20. The Morgan fingerprint density at radius 2 is 1.72 bits per heavy atom. The molecule has 1 heterocycles. The average molecular weight is 408 g/mol. The molecule has 0 spiro atoms. The molecule has 0 fully saturated rings. The van der Waals surface area contributed by atoms with E-state index >= 15 is 0 Å². The van der Waals surface area contributed by atoms with Crippen LogP contribution in [-0.2, 0) is 4.79 Å². The zero-order valence-corrected chi connectivity index (χ0v) is 16.3. The molecular formula is C22H18ClN3O3. The quantitative estimate of drug-likeness (QED) is 0.365. The zero-order chi connectivity index (χ0) is 20.6. The summed E-state index contributed by atoms with van der Waals surface area (Å²) in [5.74, 6) is 0.193. The second-order valence-corrected chi connectivity index (χ2v) is 6.45. The molecule has 0 bridgehead atoms. The van der Waals surface area contributed by atoms with Crippen molar-refractivity contribution in [2.45, 2.75) is 6.92 Å². The van der Waals surface area contributed by atoms with E-state index in [-0.39, 0.29) is 5.70 Å². The summed E-state index contributed by atoms with van der Waals surface area (Å²) in [7, 11) is 0. The molecule has 146 valence electrons. The lowest BCUT2D eigenvalue weighted by Gasteiger charge is -2.09. The molecular weight excluding hydrogens is 390 g/mol. The van der Waals surface area contributed by atoms with Crippen molar-refractivity contribution < 1.29 is 14.0 Å². The van der Waals surface area contributed by atoms with Gasteiger partial charge in [0.05, 0.1) is 6.21 Å². The van der Waals surface area contributed by atoms with Gasteiger partial charge in [0.1, 0.15) is 17.2 Å². The number of nitrogens with zero attached hydrogens (tertiary/aromatic N) is 1. The van der Waals surface area contributed by atoms with Crippen LogP contribution >= 0.6 is 11.6 Å². The number of hydrazone groups is 1. The highest BCUT2D eigenvalue weighted by Gasteiger charge is 2.15. The number of halogens is 1. The van der Waals surface area contributed by atoms with Crippen LogP contribution in [-0.4, -0.2) is 18.0 Å². The van der Waals surface area contributed by atoms with Gasteiger partial charge in [-0.15, -0.1) is 0 Å². The number of furan rings is 1. The van der Waals surface area contributed by atoms with E-state index in [1.807, 2.05) is 0 Å². The fourth-order valence-electron chi connectivity index (χ4n) is 2.43. The van der Waals surface area contributed by atoms with Crippen molar-refractivity contribution >= 4 is 35.7 Å². The maximum absolute atomic E-state index is 12.6. The minimum atomic E-state index is -0.603. The molecule has 2 N–H and O–H groups in total. The summed E-state index contributed by atoms with van der Waals surface area (Å²) < 4.78 is 5.36. The Labute approximate surface area is 172 Å². The SMILES string of the molecule is Cc1ccc(/C=N/NC(=O)/C(=C/c2ccccc2Cl)NC(=O)c2ccccc2)o1. The summed E-state index contributed by atoms with van der Waals surface area (Å²) in [5, 5.41) is 6.94. The topological polar surface area (TPSA) is 83.7 Å². The largest absolute Gasteiger partial charge is 0.460 e. The summed E-state index contributed by atoms with van der Waals surface area (Å²) in [5.41, 5.74) is 3.38. The number of hydrogen-bond acceptors (Lipinski definition) is 4. The maximum atomic E-state index is 12.6. The second-order valence-electron chi connectivity index (χ2n) is 6.05. The van der Waals surface area contributed by atoms with Crippen molar-refractivity contribution in [3.05, 3.63) is 100 Å². The molecule has 29 heavy (non-hydrogen) atoms. The standard InChI is InChI=1S/C22H18ClN3O3/c1-15-11-12-18(29-15)14-24-26-22(28)20(13-17-9-5-6-10-19(17)23)25-21(27)16-7-3-2-4-8-16/h2-14H,1H3,(H,25,27)(H,26,28)/b20-13-,24-14+. The monoisotopic (exact) mass is 407 g/mol. The summed E-state index contributed by atoms with van der Waals surface area (Å²) in [6, 6.07) is 19.1. The van der Waals surface area contributed by atoms with E-state index in [4.69, 9.17) is 16.0 Å². The Morgan fingerprint density at radius 1 is 1.00 bits per heavy atom. The number of benzene rings is 2. The fraction of sp³-hybridized carbons (Fsp3) is 0.0455. The number of carbonyl (C=O) groups excluding carboxylic acids is 2. The lowest BCUT2D eigenvalue weighted by Crippen LogP contribution is -2.32. The van der Waals surface area contributed by atoms with E-state index in [1.165, 1.54) is 12.3 Å². The maximum Gasteiger partial charge on any atom is 0.287 e. The van der Waals surface area contributed by atoms with Crippen molar-refractivity contribution in [2.24, 2.45) is 5.10 Å². The van der Waals surface area contributed by atoms with Crippen LogP contribution in [0.1, 0.15) is 27.4 Å². The Bertz CT molecular complexity index is 1070. The molecule has 0 aliphatic carbocycles. The van der Waals surface area contributed by atoms with E-state index in [9.17, 15) is 9.59 Å². The first-order valence-corrected chi connectivity index (χ1v) is 9.13. The number of amides is 2. The molecule has 6 nitrogen and oxygen atoms in total. The van der Waals surface area contributed by atoms with Crippen LogP contribution in [0.3, 0.4) is 0 Å². The van der Waals surface area contributed by atoms with Gasteiger partial charge in [-0.05, 0) is 48.9 Å². The van der Waals surface area contributed by atoms with Crippen molar-refractivity contribution in [1.82, 2.24) is 10.7 Å². The van der Waals surface area contributed by atoms with Gasteiger partial charge in [-0.3, -0.25) is 9.59 Å². The molecule has 2 aromatic carbocycles. The predicted molar refractivity (Wildman–Crippen MR) is 113 cm³/mol. The first-order valence-electron chi connectivity index (χ1n) is 8.75. The van der Waals surface area contributed by atoms with Gasteiger partial charge in [0.2, 0.25) is 0 Å². The molecule has 0 unspecified atom stereocenters. The molecule has 0 radical (unpaired) electrons. The van der Waals surface area contributed by atoms with E-state index in [1.54, 1.807) is 73.7 Å². The molecule has 2 amide bonds. The summed E-state index contributed by atoms with van der Waals surface area (Å²) in [4.78, 5) is 25.2. The molecule has 7 heteroatoms. The smallest absolute Gasteiger partial charge is 0.287 e. The first kappa shape index (κ1) is 20.1. The normalized spacial score (nSPS) is 11.4. The number of carbonyl (C=O) groups is 2. The number of hydrogen-bond donors (Lipinski definition) is 2. The lowest BCUT2D eigenvalue weighted by atomic mass is 10.1. The van der Waals surface area contributed by atoms with Crippen LogP contribution in [0.5, 0.6) is 0 Å². The second kappa shape index (κ2) is 9.52. The van der Waals surface area contributed by atoms with Crippen LogP contribution in [0.25, 0.3) is 6.08 Å². The highest BCUT2D eigenvalue weighted by atomic mass is 35.5. The third kappa shape index (κ3) is 5.67. The lowest BCUT2D eigenvalue weighted by molar-refractivity contribution is -0.117. The van der Waals surface area contributed by atoms with E-state index < -0.39 is 11.8 Å². The van der Waals surface area contributed by atoms with Crippen molar-refractivity contribution in [3.63, 3.8) is 0 Å². The molecule has 1 aromatic heterocycles. The fourth-order valence-corrected chi connectivity index (χ4v) is 2.62. The Balaban J connectivity index is 1.81. The molecule has 3 aromatic rings. The highest BCUT2D eigenvalue weighted by Crippen LogP contribution is 2.18. The van der Waals surface area contributed by atoms with Crippen LogP contribution in [0, 0.1) is 6.92 Å². The summed E-state index contributed by atoms with van der Waals surface area (Å²) in [6.07, 6.45) is 2.86. The zero-order valence-electron chi connectivity index (χ0n) is 15.6. The van der Waals surface area contributed by atoms with Gasteiger partial charge in [-0.2, -0.15) is 5.10 Å². The average Bonchev–Trinajstić information content (AvgIpc) is 3.14. The molecule has 0 saturated carbocycles. The summed E-state index contributed by atoms with van der Waals surface area (Å²) >= 11 is 6.18.